The van der Waals surface area contributed by atoms with Gasteiger partial charge < -0.3 is 14.8 Å². The van der Waals surface area contributed by atoms with Crippen molar-refractivity contribution in [1.82, 2.24) is 19.7 Å². The number of hydrogen-bond donors (Lipinski definition) is 1. The van der Waals surface area contributed by atoms with Crippen LogP contribution in [0.25, 0.3) is 11.0 Å². The fourth-order valence-electron chi connectivity index (χ4n) is 2.07. The van der Waals surface area contributed by atoms with Crippen molar-refractivity contribution in [3.63, 3.8) is 0 Å². The highest BCUT2D eigenvalue weighted by Gasteiger charge is 2.31. The maximum absolute atomic E-state index is 12.7. The molecule has 0 bridgehead atoms. The Hall–Kier alpha value is -2.58. The number of aromatic nitrogens is 4. The molecule has 110 valence electrons. The van der Waals surface area contributed by atoms with Crippen LogP contribution in [0, 0.1) is 0 Å². The van der Waals surface area contributed by atoms with Crippen LogP contribution in [0.5, 0.6) is 0 Å². The number of benzene rings is 1. The molecule has 0 saturated heterocycles. The molecule has 2 N–H and O–H groups in total. The van der Waals surface area contributed by atoms with Crippen LogP contribution in [0.2, 0.25) is 0 Å². The number of hydrogen-bond acceptors (Lipinski definition) is 5. The van der Waals surface area contributed by atoms with Gasteiger partial charge in [0.2, 0.25) is 12.3 Å². The summed E-state index contributed by atoms with van der Waals surface area (Å²) in [5.74, 6) is 0.635. The van der Waals surface area contributed by atoms with Gasteiger partial charge >= 0.3 is 6.18 Å². The van der Waals surface area contributed by atoms with E-state index < -0.39 is 11.7 Å². The number of nitrogens with two attached hydrogens (primary N) is 1. The number of nitrogens with zero attached hydrogens (tertiary/aromatic N) is 4. The normalized spacial score (nSPS) is 12.1. The number of nitrogen functional groups attached to an aromatic ring is 1. The summed E-state index contributed by atoms with van der Waals surface area (Å²) in [4.78, 5) is 7.83. The first kappa shape index (κ1) is 13.4. The Morgan fingerprint density at radius 2 is 2.10 bits per heavy atom. The number of alkyl halides is 3. The van der Waals surface area contributed by atoms with E-state index in [1.165, 1.54) is 12.5 Å². The highest BCUT2D eigenvalue weighted by molar-refractivity contribution is 5.79. The van der Waals surface area contributed by atoms with Gasteiger partial charge in [0.25, 0.3) is 0 Å². The van der Waals surface area contributed by atoms with Crippen molar-refractivity contribution < 1.29 is 17.7 Å². The van der Waals surface area contributed by atoms with E-state index in [1.807, 2.05) is 0 Å². The number of rotatable bonds is 3. The first-order valence-electron chi connectivity index (χ1n) is 6.03. The molecule has 0 aliphatic heterocycles. The molecule has 6 nitrogen and oxygen atoms in total. The van der Waals surface area contributed by atoms with Gasteiger partial charge in [-0.3, -0.25) is 0 Å². The predicted molar refractivity (Wildman–Crippen MR) is 67.1 cm³/mol. The summed E-state index contributed by atoms with van der Waals surface area (Å²) < 4.78 is 44.2. The van der Waals surface area contributed by atoms with Crippen LogP contribution in [0.3, 0.4) is 0 Å². The number of anilines is 1. The van der Waals surface area contributed by atoms with Crippen molar-refractivity contribution in [3.05, 3.63) is 36.0 Å². The van der Waals surface area contributed by atoms with Crippen molar-refractivity contribution in [2.45, 2.75) is 19.1 Å². The highest BCUT2D eigenvalue weighted by atomic mass is 19.4. The third-order valence-electron chi connectivity index (χ3n) is 3.07. The Balaban J connectivity index is 1.94. The molecule has 1 aromatic carbocycles. The van der Waals surface area contributed by atoms with E-state index in [1.54, 1.807) is 4.57 Å². The average Bonchev–Trinajstić information content (AvgIpc) is 3.01. The minimum absolute atomic E-state index is 0.146. The summed E-state index contributed by atoms with van der Waals surface area (Å²) in [6.45, 7) is 0.396. The molecule has 3 aromatic rings. The lowest BCUT2D eigenvalue weighted by molar-refractivity contribution is -0.137. The summed E-state index contributed by atoms with van der Waals surface area (Å²) in [5, 5.41) is 3.66. The van der Waals surface area contributed by atoms with E-state index in [9.17, 15) is 13.2 Å². The standard InChI is InChI=1S/C12H10F3N5O/c13-12(14,15)7-1-2-9-8(5-7)18-11(16)20(9)4-3-10-17-6-21-19-10/h1-2,5-6H,3-4H2,(H2,16,18). The molecule has 0 unspecified atom stereocenters. The summed E-state index contributed by atoms with van der Waals surface area (Å²) in [6.07, 6.45) is -2.76. The molecule has 0 saturated carbocycles. The quantitative estimate of drug-likeness (QED) is 0.801. The van der Waals surface area contributed by atoms with Crippen LogP contribution < -0.4 is 5.73 Å². The highest BCUT2D eigenvalue weighted by Crippen LogP contribution is 2.31. The Morgan fingerprint density at radius 3 is 2.76 bits per heavy atom. The van der Waals surface area contributed by atoms with Gasteiger partial charge in [0.1, 0.15) is 0 Å². The topological polar surface area (TPSA) is 82.8 Å². The van der Waals surface area contributed by atoms with Crippen LogP contribution >= 0.6 is 0 Å². The van der Waals surface area contributed by atoms with E-state index in [2.05, 4.69) is 19.6 Å². The van der Waals surface area contributed by atoms with Crippen molar-refractivity contribution in [3.8, 4) is 0 Å². The van der Waals surface area contributed by atoms with Crippen molar-refractivity contribution >= 4 is 17.0 Å². The average molecular weight is 297 g/mol. The fourth-order valence-corrected chi connectivity index (χ4v) is 2.07. The van der Waals surface area contributed by atoms with Crippen molar-refractivity contribution in [2.75, 3.05) is 5.73 Å². The van der Waals surface area contributed by atoms with E-state index in [4.69, 9.17) is 5.73 Å². The zero-order valence-corrected chi connectivity index (χ0v) is 10.6. The second-order valence-corrected chi connectivity index (χ2v) is 4.42. The smallest absolute Gasteiger partial charge is 0.369 e. The molecule has 0 spiro atoms. The number of imidazole rings is 1. The van der Waals surface area contributed by atoms with Gasteiger partial charge in [0.05, 0.1) is 16.6 Å². The summed E-state index contributed by atoms with van der Waals surface area (Å²) >= 11 is 0. The zero-order valence-electron chi connectivity index (χ0n) is 10.6. The van der Waals surface area contributed by atoms with Gasteiger partial charge in [-0.25, -0.2) is 4.98 Å². The molecule has 0 radical (unpaired) electrons. The fraction of sp³-hybridized carbons (Fsp3) is 0.250. The van der Waals surface area contributed by atoms with E-state index in [0.29, 0.717) is 24.3 Å². The van der Waals surface area contributed by atoms with E-state index >= 15 is 0 Å². The third-order valence-corrected chi connectivity index (χ3v) is 3.07. The summed E-state index contributed by atoms with van der Waals surface area (Å²) in [7, 11) is 0. The molecule has 0 aliphatic carbocycles. The van der Waals surface area contributed by atoms with Gasteiger partial charge in [0.15, 0.2) is 5.82 Å². The third kappa shape index (κ3) is 2.54. The van der Waals surface area contributed by atoms with Crippen molar-refractivity contribution in [2.24, 2.45) is 0 Å². The largest absolute Gasteiger partial charge is 0.416 e. The Bertz CT molecular complexity index is 763. The molecule has 0 atom stereocenters. The second-order valence-electron chi connectivity index (χ2n) is 4.42. The van der Waals surface area contributed by atoms with Gasteiger partial charge in [-0.2, -0.15) is 18.2 Å². The van der Waals surface area contributed by atoms with Gasteiger partial charge in [-0.15, -0.1) is 0 Å². The zero-order chi connectivity index (χ0) is 15.0. The molecule has 21 heavy (non-hydrogen) atoms. The summed E-state index contributed by atoms with van der Waals surface area (Å²) in [6, 6.07) is 3.35. The first-order valence-corrected chi connectivity index (χ1v) is 6.03. The molecule has 0 aliphatic rings. The lowest BCUT2D eigenvalue weighted by Crippen LogP contribution is -2.07. The molecule has 9 heteroatoms. The monoisotopic (exact) mass is 297 g/mol. The lowest BCUT2D eigenvalue weighted by atomic mass is 10.2. The predicted octanol–water partition coefficient (Wildman–Crippen LogP) is 2.26. The summed E-state index contributed by atoms with van der Waals surface area (Å²) in [5.41, 5.74) is 5.74. The first-order chi connectivity index (χ1) is 9.95. The molecule has 3 rings (SSSR count). The van der Waals surface area contributed by atoms with Gasteiger partial charge in [0, 0.05) is 13.0 Å². The second kappa shape index (κ2) is 4.76. The molecule has 0 fully saturated rings. The Kier molecular flexibility index (Phi) is 3.04. The number of halogens is 3. The Morgan fingerprint density at radius 1 is 1.29 bits per heavy atom. The molecular weight excluding hydrogens is 287 g/mol. The maximum Gasteiger partial charge on any atom is 0.416 e. The van der Waals surface area contributed by atoms with Crippen LogP contribution in [-0.4, -0.2) is 19.7 Å². The lowest BCUT2D eigenvalue weighted by Gasteiger charge is -2.07. The van der Waals surface area contributed by atoms with Crippen LogP contribution in [0.4, 0.5) is 19.1 Å². The molecule has 2 heterocycles. The number of aryl methyl sites for hydroxylation is 2. The van der Waals surface area contributed by atoms with Gasteiger partial charge in [-0.05, 0) is 18.2 Å². The minimum atomic E-state index is -4.41. The molecule has 0 amide bonds. The van der Waals surface area contributed by atoms with Crippen LogP contribution in [0.1, 0.15) is 11.4 Å². The number of fused-ring (bicyclic) bond motifs is 1. The van der Waals surface area contributed by atoms with Crippen LogP contribution in [0.15, 0.2) is 29.1 Å². The minimum Gasteiger partial charge on any atom is -0.369 e. The van der Waals surface area contributed by atoms with Crippen LogP contribution in [-0.2, 0) is 19.1 Å². The molecular formula is C12H10F3N5O. The van der Waals surface area contributed by atoms with Gasteiger partial charge in [-0.1, -0.05) is 5.16 Å². The Labute approximate surface area is 116 Å². The van der Waals surface area contributed by atoms with Crippen molar-refractivity contribution in [1.29, 1.82) is 0 Å². The van der Waals surface area contributed by atoms with E-state index in [0.717, 1.165) is 12.1 Å². The molecule has 2 aromatic heterocycles. The SMILES string of the molecule is Nc1nc2cc(C(F)(F)F)ccc2n1CCc1ncon1. The van der Waals surface area contributed by atoms with E-state index in [-0.39, 0.29) is 11.5 Å². The maximum atomic E-state index is 12.7.